The van der Waals surface area contributed by atoms with Crippen LogP contribution in [0.3, 0.4) is 0 Å². The van der Waals surface area contributed by atoms with E-state index in [0.717, 1.165) is 5.56 Å². The van der Waals surface area contributed by atoms with Crippen molar-refractivity contribution in [3.8, 4) is 11.4 Å². The molecule has 0 spiro atoms. The summed E-state index contributed by atoms with van der Waals surface area (Å²) in [5.41, 5.74) is 1.78. The molecular formula is C16H20FN3O. The first kappa shape index (κ1) is 15.4. The van der Waals surface area contributed by atoms with Crippen molar-refractivity contribution in [2.75, 3.05) is 0 Å². The highest BCUT2D eigenvalue weighted by Gasteiger charge is 2.11. The fourth-order valence-corrected chi connectivity index (χ4v) is 1.93. The number of H-pyrrole nitrogens is 1. The molecule has 0 fully saturated rings. The number of aromatic amines is 1. The summed E-state index contributed by atoms with van der Waals surface area (Å²) in [5.74, 6) is 0.0432. The summed E-state index contributed by atoms with van der Waals surface area (Å²) in [6, 6.07) is 5.90. The number of hydrogen-bond donors (Lipinski definition) is 2. The molecule has 0 atom stereocenters. The molecule has 0 radical (unpaired) electrons. The van der Waals surface area contributed by atoms with Crippen molar-refractivity contribution in [2.45, 2.75) is 39.8 Å². The van der Waals surface area contributed by atoms with Gasteiger partial charge >= 0.3 is 0 Å². The standard InChI is InChI=1S/C16H20FN3O/c1-10-5-6-11(17)7-13(10)15-19-12(8-14(21)20-15)9-18-16(2,3)4/h5-8,18H,9H2,1-4H3,(H,19,20,21). The molecule has 0 saturated carbocycles. The van der Waals surface area contributed by atoms with Crippen molar-refractivity contribution in [1.29, 1.82) is 0 Å². The molecule has 4 nitrogen and oxygen atoms in total. The molecule has 0 aliphatic carbocycles. The van der Waals surface area contributed by atoms with Gasteiger partial charge in [-0.05, 0) is 45.4 Å². The molecule has 112 valence electrons. The number of hydrogen-bond acceptors (Lipinski definition) is 3. The van der Waals surface area contributed by atoms with Crippen LogP contribution in [0.25, 0.3) is 11.4 Å². The van der Waals surface area contributed by atoms with Gasteiger partial charge in [0, 0.05) is 23.7 Å². The predicted molar refractivity (Wildman–Crippen MR) is 81.6 cm³/mol. The largest absolute Gasteiger partial charge is 0.307 e. The van der Waals surface area contributed by atoms with Gasteiger partial charge in [0.1, 0.15) is 11.6 Å². The zero-order valence-electron chi connectivity index (χ0n) is 12.7. The minimum absolute atomic E-state index is 0.0702. The lowest BCUT2D eigenvalue weighted by Crippen LogP contribution is -2.35. The average molecular weight is 289 g/mol. The summed E-state index contributed by atoms with van der Waals surface area (Å²) in [6.07, 6.45) is 0. The molecule has 2 rings (SSSR count). The fourth-order valence-electron chi connectivity index (χ4n) is 1.93. The molecule has 0 saturated heterocycles. The van der Waals surface area contributed by atoms with Gasteiger partial charge in [0.15, 0.2) is 0 Å². The smallest absolute Gasteiger partial charge is 0.251 e. The van der Waals surface area contributed by atoms with Crippen molar-refractivity contribution in [3.05, 3.63) is 51.7 Å². The maximum atomic E-state index is 13.4. The third-order valence-electron chi connectivity index (χ3n) is 3.05. The Morgan fingerprint density at radius 1 is 1.29 bits per heavy atom. The predicted octanol–water partition coefficient (Wildman–Crippen LogP) is 2.77. The molecule has 0 aliphatic rings. The van der Waals surface area contributed by atoms with Crippen LogP contribution in [-0.2, 0) is 6.54 Å². The molecule has 0 bridgehead atoms. The van der Waals surface area contributed by atoms with E-state index in [4.69, 9.17) is 0 Å². The number of benzene rings is 1. The quantitative estimate of drug-likeness (QED) is 0.913. The van der Waals surface area contributed by atoms with Crippen LogP contribution >= 0.6 is 0 Å². The molecule has 5 heteroatoms. The van der Waals surface area contributed by atoms with E-state index >= 15 is 0 Å². The van der Waals surface area contributed by atoms with Gasteiger partial charge < -0.3 is 10.3 Å². The Bertz CT molecular complexity index is 701. The lowest BCUT2D eigenvalue weighted by Gasteiger charge is -2.20. The molecule has 0 aliphatic heterocycles. The Kier molecular flexibility index (Phi) is 4.23. The van der Waals surface area contributed by atoms with Gasteiger partial charge in [0.05, 0.1) is 5.69 Å². The number of rotatable bonds is 3. The van der Waals surface area contributed by atoms with E-state index in [1.54, 1.807) is 6.07 Å². The first-order chi connectivity index (χ1) is 9.74. The van der Waals surface area contributed by atoms with Crippen molar-refractivity contribution in [2.24, 2.45) is 0 Å². The highest BCUT2D eigenvalue weighted by atomic mass is 19.1. The number of nitrogens with one attached hydrogen (secondary N) is 2. The molecule has 1 aromatic heterocycles. The first-order valence-electron chi connectivity index (χ1n) is 6.86. The van der Waals surface area contributed by atoms with Crippen LogP contribution in [-0.4, -0.2) is 15.5 Å². The van der Waals surface area contributed by atoms with Gasteiger partial charge in [-0.1, -0.05) is 6.07 Å². The van der Waals surface area contributed by atoms with Gasteiger partial charge in [-0.2, -0.15) is 0 Å². The summed E-state index contributed by atoms with van der Waals surface area (Å²) in [7, 11) is 0. The number of nitrogens with zero attached hydrogens (tertiary/aromatic N) is 1. The minimum atomic E-state index is -0.350. The van der Waals surface area contributed by atoms with Crippen LogP contribution in [0.4, 0.5) is 4.39 Å². The highest BCUT2D eigenvalue weighted by Crippen LogP contribution is 2.20. The summed E-state index contributed by atoms with van der Waals surface area (Å²) >= 11 is 0. The van der Waals surface area contributed by atoms with Crippen molar-refractivity contribution in [1.82, 2.24) is 15.3 Å². The zero-order valence-corrected chi connectivity index (χ0v) is 12.7. The van der Waals surface area contributed by atoms with E-state index in [-0.39, 0.29) is 16.9 Å². The SMILES string of the molecule is Cc1ccc(F)cc1-c1nc(CNC(C)(C)C)cc(=O)[nH]1. The summed E-state index contributed by atoms with van der Waals surface area (Å²) in [5, 5.41) is 3.28. The van der Waals surface area contributed by atoms with Crippen molar-refractivity contribution in [3.63, 3.8) is 0 Å². The van der Waals surface area contributed by atoms with Crippen molar-refractivity contribution >= 4 is 0 Å². The van der Waals surface area contributed by atoms with E-state index in [9.17, 15) is 9.18 Å². The van der Waals surface area contributed by atoms with Gasteiger partial charge in [-0.3, -0.25) is 4.79 Å². The molecule has 0 unspecified atom stereocenters. The van der Waals surface area contributed by atoms with Crippen LogP contribution in [0.2, 0.25) is 0 Å². The fraction of sp³-hybridized carbons (Fsp3) is 0.375. The third-order valence-corrected chi connectivity index (χ3v) is 3.05. The molecule has 21 heavy (non-hydrogen) atoms. The molecule has 1 heterocycles. The minimum Gasteiger partial charge on any atom is -0.307 e. The van der Waals surface area contributed by atoms with Crippen LogP contribution in [0.5, 0.6) is 0 Å². The maximum absolute atomic E-state index is 13.4. The Labute approximate surface area is 123 Å². The van der Waals surface area contributed by atoms with Crippen molar-refractivity contribution < 1.29 is 4.39 Å². The van der Waals surface area contributed by atoms with Gasteiger partial charge in [-0.15, -0.1) is 0 Å². The lowest BCUT2D eigenvalue weighted by molar-refractivity contribution is 0.421. The Morgan fingerprint density at radius 3 is 2.67 bits per heavy atom. The Balaban J connectivity index is 2.39. The van der Waals surface area contributed by atoms with Crippen LogP contribution < -0.4 is 10.9 Å². The lowest BCUT2D eigenvalue weighted by atomic mass is 10.1. The number of aromatic nitrogens is 2. The first-order valence-corrected chi connectivity index (χ1v) is 6.86. The monoisotopic (exact) mass is 289 g/mol. The maximum Gasteiger partial charge on any atom is 0.251 e. The zero-order chi connectivity index (χ0) is 15.6. The van der Waals surface area contributed by atoms with Crippen LogP contribution in [0.15, 0.2) is 29.1 Å². The van der Waals surface area contributed by atoms with Gasteiger partial charge in [0.25, 0.3) is 5.56 Å². The highest BCUT2D eigenvalue weighted by molar-refractivity contribution is 5.59. The van der Waals surface area contributed by atoms with E-state index < -0.39 is 0 Å². The molecule has 2 N–H and O–H groups in total. The molecule has 1 aromatic carbocycles. The molecule has 0 amide bonds. The number of halogens is 1. The summed E-state index contributed by atoms with van der Waals surface area (Å²) in [4.78, 5) is 18.9. The number of aryl methyl sites for hydroxylation is 1. The van der Waals surface area contributed by atoms with E-state index in [1.807, 2.05) is 27.7 Å². The second kappa shape index (κ2) is 5.77. The topological polar surface area (TPSA) is 57.8 Å². The second-order valence-corrected chi connectivity index (χ2v) is 6.15. The second-order valence-electron chi connectivity index (χ2n) is 6.15. The molecule has 2 aromatic rings. The Morgan fingerprint density at radius 2 is 2.00 bits per heavy atom. The average Bonchev–Trinajstić information content (AvgIpc) is 2.38. The Hall–Kier alpha value is -2.01. The summed E-state index contributed by atoms with van der Waals surface area (Å²) < 4.78 is 13.4. The van der Waals surface area contributed by atoms with Crippen LogP contribution in [0, 0.1) is 12.7 Å². The summed E-state index contributed by atoms with van der Waals surface area (Å²) in [6.45, 7) is 8.46. The third kappa shape index (κ3) is 4.23. The normalized spacial score (nSPS) is 11.7. The van der Waals surface area contributed by atoms with Crippen LogP contribution in [0.1, 0.15) is 32.0 Å². The van der Waals surface area contributed by atoms with E-state index in [2.05, 4.69) is 15.3 Å². The van der Waals surface area contributed by atoms with Gasteiger partial charge in [-0.25, -0.2) is 9.37 Å². The van der Waals surface area contributed by atoms with E-state index in [1.165, 1.54) is 18.2 Å². The van der Waals surface area contributed by atoms with Gasteiger partial charge in [0.2, 0.25) is 0 Å². The van der Waals surface area contributed by atoms with E-state index in [0.29, 0.717) is 23.6 Å². The molecular weight excluding hydrogens is 269 g/mol.